The lowest BCUT2D eigenvalue weighted by Crippen LogP contribution is -2.60. The molecular formula is C10H15NO3S. The highest BCUT2D eigenvalue weighted by atomic mass is 32.2. The summed E-state index contributed by atoms with van der Waals surface area (Å²) in [5.41, 5.74) is 0. The first-order chi connectivity index (χ1) is 6.91. The molecule has 4 saturated carbocycles. The summed E-state index contributed by atoms with van der Waals surface area (Å²) in [6.45, 7) is 0. The van der Waals surface area contributed by atoms with Gasteiger partial charge in [-0.3, -0.25) is 4.79 Å². The van der Waals surface area contributed by atoms with Gasteiger partial charge in [-0.2, -0.15) is 0 Å². The van der Waals surface area contributed by atoms with Crippen molar-refractivity contribution in [3.05, 3.63) is 0 Å². The van der Waals surface area contributed by atoms with Crippen LogP contribution in [0.4, 0.5) is 0 Å². The number of sulfonamides is 1. The summed E-state index contributed by atoms with van der Waals surface area (Å²) in [5, 5.41) is 5.34. The lowest BCUT2D eigenvalue weighted by atomic mass is 9.55. The molecule has 4 aliphatic rings. The molecule has 0 saturated heterocycles. The van der Waals surface area contributed by atoms with Crippen molar-refractivity contribution in [2.75, 3.05) is 0 Å². The summed E-state index contributed by atoms with van der Waals surface area (Å²) in [6, 6.07) is 0. The molecule has 4 nitrogen and oxygen atoms in total. The van der Waals surface area contributed by atoms with Crippen molar-refractivity contribution in [2.45, 2.75) is 36.9 Å². The number of Topliss-reactive ketones (excluding diaryl/α,β-unsaturated/α-hetero) is 1. The standard InChI is InChI=1S/C10H15NO3S/c11-15(13,14)10-3-6-1-7(4-10)9(12)8(2-6)5-10/h6-8H,1-5H2,(H2,11,13,14). The Morgan fingerprint density at radius 2 is 1.67 bits per heavy atom. The molecule has 5 heteroatoms. The van der Waals surface area contributed by atoms with Crippen LogP contribution in [0.15, 0.2) is 0 Å². The predicted octanol–water partition coefficient (Wildman–Crippen LogP) is 0.423. The first kappa shape index (κ1) is 9.78. The maximum absolute atomic E-state index is 11.8. The molecule has 4 aliphatic carbocycles. The van der Waals surface area contributed by atoms with E-state index >= 15 is 0 Å². The number of nitrogens with two attached hydrogens (primary N) is 1. The zero-order chi connectivity index (χ0) is 10.8. The van der Waals surface area contributed by atoms with Gasteiger partial charge in [-0.15, -0.1) is 0 Å². The minimum atomic E-state index is -3.50. The number of hydrogen-bond acceptors (Lipinski definition) is 3. The molecule has 0 amide bonds. The second kappa shape index (κ2) is 2.63. The van der Waals surface area contributed by atoms with Crippen LogP contribution in [0, 0.1) is 17.8 Å². The monoisotopic (exact) mass is 229 g/mol. The maximum atomic E-state index is 11.8. The van der Waals surface area contributed by atoms with E-state index in [1.165, 1.54) is 0 Å². The third kappa shape index (κ3) is 1.16. The molecule has 0 aromatic heterocycles. The van der Waals surface area contributed by atoms with Gasteiger partial charge in [-0.1, -0.05) is 0 Å². The SMILES string of the molecule is NS(=O)(=O)C12CC3CC(C1)C(=O)C(C3)C2. The smallest absolute Gasteiger partial charge is 0.214 e. The van der Waals surface area contributed by atoms with E-state index in [-0.39, 0.29) is 11.8 Å². The highest BCUT2D eigenvalue weighted by molar-refractivity contribution is 7.90. The highest BCUT2D eigenvalue weighted by Gasteiger charge is 2.59. The summed E-state index contributed by atoms with van der Waals surface area (Å²) >= 11 is 0. The molecule has 2 atom stereocenters. The van der Waals surface area contributed by atoms with Gasteiger partial charge < -0.3 is 0 Å². The lowest BCUT2D eigenvalue weighted by molar-refractivity contribution is -0.138. The second-order valence-corrected chi connectivity index (χ2v) is 7.43. The first-order valence-corrected chi connectivity index (χ1v) is 7.02. The Morgan fingerprint density at radius 1 is 1.13 bits per heavy atom. The Hall–Kier alpha value is -0.420. The average molecular weight is 229 g/mol. The van der Waals surface area contributed by atoms with Crippen LogP contribution >= 0.6 is 0 Å². The second-order valence-electron chi connectivity index (χ2n) is 5.47. The first-order valence-electron chi connectivity index (χ1n) is 5.47. The minimum Gasteiger partial charge on any atom is -0.299 e. The molecule has 0 heterocycles. The molecule has 0 aromatic rings. The molecule has 84 valence electrons. The number of carbonyl (C=O) groups excluding carboxylic acids is 1. The fourth-order valence-corrected chi connectivity index (χ4v) is 5.36. The molecule has 4 fully saturated rings. The van der Waals surface area contributed by atoms with Crippen LogP contribution < -0.4 is 5.14 Å². The van der Waals surface area contributed by atoms with E-state index in [0.717, 1.165) is 12.8 Å². The Balaban J connectivity index is 2.06. The van der Waals surface area contributed by atoms with Gasteiger partial charge in [-0.25, -0.2) is 13.6 Å². The van der Waals surface area contributed by atoms with Gasteiger partial charge in [0.15, 0.2) is 0 Å². The summed E-state index contributed by atoms with van der Waals surface area (Å²) in [4.78, 5) is 11.8. The zero-order valence-corrected chi connectivity index (χ0v) is 9.29. The minimum absolute atomic E-state index is 0.0189. The van der Waals surface area contributed by atoms with Crippen LogP contribution in [0.3, 0.4) is 0 Å². The molecule has 0 aromatic carbocycles. The van der Waals surface area contributed by atoms with E-state index in [1.54, 1.807) is 0 Å². The van der Waals surface area contributed by atoms with E-state index < -0.39 is 14.8 Å². The molecule has 4 rings (SSSR count). The van der Waals surface area contributed by atoms with Crippen LogP contribution in [0.2, 0.25) is 0 Å². The van der Waals surface area contributed by atoms with Gasteiger partial charge in [0.2, 0.25) is 10.0 Å². The van der Waals surface area contributed by atoms with Gasteiger partial charge in [0.1, 0.15) is 5.78 Å². The van der Waals surface area contributed by atoms with E-state index in [1.807, 2.05) is 0 Å². The van der Waals surface area contributed by atoms with Crippen LogP contribution in [0.25, 0.3) is 0 Å². The van der Waals surface area contributed by atoms with Crippen molar-refractivity contribution >= 4 is 15.8 Å². The summed E-state index contributed by atoms with van der Waals surface area (Å²) in [5.74, 6) is 0.674. The fourth-order valence-electron chi connectivity index (χ4n) is 4.02. The van der Waals surface area contributed by atoms with Gasteiger partial charge in [-0.05, 0) is 38.0 Å². The van der Waals surface area contributed by atoms with Crippen LogP contribution in [0.5, 0.6) is 0 Å². The Labute approximate surface area is 89.3 Å². The van der Waals surface area contributed by atoms with Crippen molar-refractivity contribution in [3.63, 3.8) is 0 Å². The molecule has 2 N–H and O–H groups in total. The summed E-state index contributed by atoms with van der Waals surface area (Å²) in [6.07, 6.45) is 3.45. The average Bonchev–Trinajstić information content (AvgIpc) is 2.10. The third-order valence-electron chi connectivity index (χ3n) is 4.54. The van der Waals surface area contributed by atoms with Gasteiger partial charge in [0.05, 0.1) is 4.75 Å². The maximum Gasteiger partial charge on any atom is 0.214 e. The van der Waals surface area contributed by atoms with Crippen molar-refractivity contribution < 1.29 is 13.2 Å². The number of carbonyl (C=O) groups is 1. The molecule has 2 unspecified atom stereocenters. The van der Waals surface area contributed by atoms with Crippen molar-refractivity contribution in [3.8, 4) is 0 Å². The predicted molar refractivity (Wildman–Crippen MR) is 54.4 cm³/mol. The van der Waals surface area contributed by atoms with Gasteiger partial charge >= 0.3 is 0 Å². The van der Waals surface area contributed by atoms with E-state index in [9.17, 15) is 13.2 Å². The number of primary sulfonamides is 1. The summed E-state index contributed by atoms with van der Waals surface area (Å²) in [7, 11) is -3.50. The number of rotatable bonds is 1. The lowest BCUT2D eigenvalue weighted by Gasteiger charge is -2.54. The quantitative estimate of drug-likeness (QED) is 0.708. The van der Waals surface area contributed by atoms with E-state index in [2.05, 4.69) is 0 Å². The largest absolute Gasteiger partial charge is 0.299 e. The molecule has 15 heavy (non-hydrogen) atoms. The Morgan fingerprint density at radius 3 is 2.13 bits per heavy atom. The van der Waals surface area contributed by atoms with Crippen LogP contribution in [0.1, 0.15) is 32.1 Å². The normalized spacial score (nSPS) is 48.6. The summed E-state index contributed by atoms with van der Waals surface area (Å²) < 4.78 is 22.6. The van der Waals surface area contributed by atoms with Gasteiger partial charge in [0.25, 0.3) is 0 Å². The van der Waals surface area contributed by atoms with Gasteiger partial charge in [0, 0.05) is 11.8 Å². The number of ketones is 1. The Kier molecular flexibility index (Phi) is 1.72. The molecule has 0 spiro atoms. The highest BCUT2D eigenvalue weighted by Crippen LogP contribution is 2.56. The molecule has 0 radical (unpaired) electrons. The third-order valence-corrected chi connectivity index (χ3v) is 6.25. The molecule has 4 bridgehead atoms. The molecule has 0 aliphatic heterocycles. The van der Waals surface area contributed by atoms with E-state index in [0.29, 0.717) is 31.0 Å². The van der Waals surface area contributed by atoms with Crippen LogP contribution in [-0.2, 0) is 14.8 Å². The van der Waals surface area contributed by atoms with Crippen molar-refractivity contribution in [1.82, 2.24) is 0 Å². The van der Waals surface area contributed by atoms with Crippen molar-refractivity contribution in [2.24, 2.45) is 22.9 Å². The number of hydrogen-bond donors (Lipinski definition) is 1. The van der Waals surface area contributed by atoms with Crippen molar-refractivity contribution in [1.29, 1.82) is 0 Å². The van der Waals surface area contributed by atoms with E-state index in [4.69, 9.17) is 5.14 Å². The Bertz CT molecular complexity index is 410. The zero-order valence-electron chi connectivity index (χ0n) is 8.48. The topological polar surface area (TPSA) is 77.2 Å². The van der Waals surface area contributed by atoms with Crippen LogP contribution in [-0.4, -0.2) is 18.9 Å². The molecular weight excluding hydrogens is 214 g/mol. The fraction of sp³-hybridized carbons (Fsp3) is 0.900.